The largest absolute Gasteiger partial charge is 0.492 e. The zero-order valence-corrected chi connectivity index (χ0v) is 29.9. The number of halogens is 1. The summed E-state index contributed by atoms with van der Waals surface area (Å²) in [5.41, 5.74) is 1.78. The van der Waals surface area contributed by atoms with Crippen LogP contribution in [0.4, 0.5) is 5.69 Å². The van der Waals surface area contributed by atoms with Gasteiger partial charge >= 0.3 is 0 Å². The van der Waals surface area contributed by atoms with Crippen molar-refractivity contribution in [3.8, 4) is 5.75 Å². The van der Waals surface area contributed by atoms with Gasteiger partial charge in [-0.05, 0) is 79.3 Å². The van der Waals surface area contributed by atoms with E-state index in [-0.39, 0.29) is 29.5 Å². The summed E-state index contributed by atoms with van der Waals surface area (Å²) in [6.07, 6.45) is 3.80. The average Bonchev–Trinajstić information content (AvgIpc) is 3.09. The van der Waals surface area contributed by atoms with E-state index in [1.54, 1.807) is 61.5 Å². The second-order valence-electron chi connectivity index (χ2n) is 11.1. The Hall–Kier alpha value is -3.99. The highest BCUT2D eigenvalue weighted by atomic mass is 35.5. The molecule has 4 rings (SSSR count). The van der Waals surface area contributed by atoms with E-state index < -0.39 is 28.5 Å². The first kappa shape index (κ1) is 36.8. The number of amides is 2. The van der Waals surface area contributed by atoms with Gasteiger partial charge in [0.15, 0.2) is 0 Å². The number of thioether (sulfide) groups is 1. The van der Waals surface area contributed by atoms with Crippen molar-refractivity contribution in [3.63, 3.8) is 0 Å². The monoisotopic (exact) mass is 707 g/mol. The van der Waals surface area contributed by atoms with Gasteiger partial charge in [-0.2, -0.15) is 0 Å². The highest BCUT2D eigenvalue weighted by molar-refractivity contribution is 7.98. The van der Waals surface area contributed by atoms with Crippen molar-refractivity contribution in [3.05, 3.63) is 119 Å². The predicted molar refractivity (Wildman–Crippen MR) is 194 cm³/mol. The molecule has 0 aromatic heterocycles. The summed E-state index contributed by atoms with van der Waals surface area (Å²) in [6, 6.07) is 28.9. The SMILES string of the molecule is CCCCNC(=O)C(Cc1ccccc1)N(Cc1cccc(Cl)c1)C(=O)CN(c1ccccc1OCC)S(=O)(=O)c1ccc(SC)cc1. The maximum atomic E-state index is 14.7. The molecule has 0 saturated carbocycles. The van der Waals surface area contributed by atoms with Crippen molar-refractivity contribution in [1.29, 1.82) is 0 Å². The maximum absolute atomic E-state index is 14.7. The molecule has 0 aliphatic heterocycles. The quantitative estimate of drug-likeness (QED) is 0.0921. The Morgan fingerprint density at radius 1 is 0.896 bits per heavy atom. The van der Waals surface area contributed by atoms with E-state index in [2.05, 4.69) is 5.32 Å². The topological polar surface area (TPSA) is 96.0 Å². The lowest BCUT2D eigenvalue weighted by molar-refractivity contribution is -0.140. The van der Waals surface area contributed by atoms with Gasteiger partial charge in [0.2, 0.25) is 11.8 Å². The van der Waals surface area contributed by atoms with E-state index in [0.717, 1.165) is 27.6 Å². The highest BCUT2D eigenvalue weighted by Gasteiger charge is 2.35. The number of carbonyl (C=O) groups excluding carboxylic acids is 2. The number of anilines is 1. The van der Waals surface area contributed by atoms with Crippen molar-refractivity contribution in [1.82, 2.24) is 10.2 Å². The Morgan fingerprint density at radius 2 is 1.58 bits per heavy atom. The summed E-state index contributed by atoms with van der Waals surface area (Å²) >= 11 is 7.83. The van der Waals surface area contributed by atoms with E-state index in [0.29, 0.717) is 29.5 Å². The van der Waals surface area contributed by atoms with Gasteiger partial charge in [0, 0.05) is 29.4 Å². The third-order valence-corrected chi connectivity index (χ3v) is 10.5. The minimum Gasteiger partial charge on any atom is -0.492 e. The van der Waals surface area contributed by atoms with Crippen LogP contribution in [0.15, 0.2) is 113 Å². The molecule has 254 valence electrons. The van der Waals surface area contributed by atoms with E-state index in [1.165, 1.54) is 28.8 Å². The molecule has 0 radical (unpaired) electrons. The lowest BCUT2D eigenvalue weighted by atomic mass is 10.0. The first-order valence-electron chi connectivity index (χ1n) is 15.9. The van der Waals surface area contributed by atoms with Crippen molar-refractivity contribution in [2.45, 2.75) is 55.5 Å². The molecule has 1 atom stereocenters. The molecule has 2 amide bonds. The number of rotatable bonds is 17. The molecule has 48 heavy (non-hydrogen) atoms. The maximum Gasteiger partial charge on any atom is 0.264 e. The minimum absolute atomic E-state index is 0.0268. The molecular weight excluding hydrogens is 666 g/mol. The Kier molecular flexibility index (Phi) is 13.8. The third kappa shape index (κ3) is 9.78. The van der Waals surface area contributed by atoms with E-state index >= 15 is 0 Å². The number of para-hydroxylation sites is 2. The Labute approximate surface area is 293 Å². The number of hydrogen-bond acceptors (Lipinski definition) is 6. The van der Waals surface area contributed by atoms with Crippen LogP contribution in [0.5, 0.6) is 5.75 Å². The van der Waals surface area contributed by atoms with Crippen LogP contribution in [0.2, 0.25) is 5.02 Å². The zero-order chi connectivity index (χ0) is 34.5. The lowest BCUT2D eigenvalue weighted by Gasteiger charge is -2.34. The molecule has 4 aromatic rings. The number of carbonyl (C=O) groups is 2. The fourth-order valence-electron chi connectivity index (χ4n) is 5.22. The summed E-state index contributed by atoms with van der Waals surface area (Å²) in [5, 5.41) is 3.48. The number of hydrogen-bond donors (Lipinski definition) is 1. The highest BCUT2D eigenvalue weighted by Crippen LogP contribution is 2.33. The van der Waals surface area contributed by atoms with Crippen molar-refractivity contribution < 1.29 is 22.7 Å². The zero-order valence-electron chi connectivity index (χ0n) is 27.5. The molecule has 1 unspecified atom stereocenters. The Balaban J connectivity index is 1.83. The molecule has 0 heterocycles. The number of sulfonamides is 1. The van der Waals surface area contributed by atoms with Crippen LogP contribution in [-0.4, -0.2) is 57.1 Å². The fourth-order valence-corrected chi connectivity index (χ4v) is 7.27. The Bertz CT molecular complexity index is 1750. The van der Waals surface area contributed by atoms with Crippen LogP contribution >= 0.6 is 23.4 Å². The standard InChI is InChI=1S/C37H42ClN3O5S2/c1-4-6-23-39-37(43)34(25-28-13-8-7-9-14-28)40(26-29-15-12-16-30(38)24-29)36(42)27-41(33-17-10-11-18-35(33)46-5-2)48(44,45)32-21-19-31(47-3)20-22-32/h7-22,24,34H,4-6,23,25-27H2,1-3H3,(H,39,43). The summed E-state index contributed by atoms with van der Waals surface area (Å²) in [5.74, 6) is -0.562. The average molecular weight is 708 g/mol. The lowest BCUT2D eigenvalue weighted by Crippen LogP contribution is -2.53. The van der Waals surface area contributed by atoms with Crippen molar-refractivity contribution >= 4 is 50.9 Å². The van der Waals surface area contributed by atoms with E-state index in [9.17, 15) is 18.0 Å². The first-order valence-corrected chi connectivity index (χ1v) is 19.0. The smallest absolute Gasteiger partial charge is 0.264 e. The molecule has 4 aromatic carbocycles. The van der Waals surface area contributed by atoms with Gasteiger partial charge in [0.1, 0.15) is 18.3 Å². The summed E-state index contributed by atoms with van der Waals surface area (Å²) < 4.78 is 35.8. The van der Waals surface area contributed by atoms with E-state index in [4.69, 9.17) is 16.3 Å². The van der Waals surface area contributed by atoms with Crippen LogP contribution in [0.1, 0.15) is 37.8 Å². The van der Waals surface area contributed by atoms with Crippen LogP contribution in [0.25, 0.3) is 0 Å². The molecule has 0 bridgehead atoms. The number of unbranched alkanes of at least 4 members (excludes halogenated alkanes) is 1. The number of nitrogens with one attached hydrogen (secondary N) is 1. The van der Waals surface area contributed by atoms with Gasteiger partial charge in [-0.15, -0.1) is 11.8 Å². The molecule has 0 fully saturated rings. The number of ether oxygens (including phenoxy) is 1. The Morgan fingerprint density at radius 3 is 2.25 bits per heavy atom. The van der Waals surface area contributed by atoms with Gasteiger partial charge in [-0.1, -0.05) is 79.5 Å². The van der Waals surface area contributed by atoms with Crippen molar-refractivity contribution in [2.75, 3.05) is 30.3 Å². The molecule has 1 N–H and O–H groups in total. The second kappa shape index (κ2) is 18.0. The van der Waals surface area contributed by atoms with Crippen LogP contribution in [0, 0.1) is 0 Å². The molecule has 0 aliphatic rings. The summed E-state index contributed by atoms with van der Waals surface area (Å²) in [6.45, 7) is 4.03. The molecule has 8 nitrogen and oxygen atoms in total. The minimum atomic E-state index is -4.28. The normalized spacial score (nSPS) is 11.8. The van der Waals surface area contributed by atoms with Gasteiger partial charge in [-0.3, -0.25) is 13.9 Å². The van der Waals surface area contributed by atoms with E-state index in [1.807, 2.05) is 49.6 Å². The fraction of sp³-hybridized carbons (Fsp3) is 0.297. The summed E-state index contributed by atoms with van der Waals surface area (Å²) in [7, 11) is -4.28. The first-order chi connectivity index (χ1) is 23.2. The van der Waals surface area contributed by atoms with Gasteiger partial charge in [0.05, 0.1) is 17.2 Å². The van der Waals surface area contributed by atoms with Crippen LogP contribution in [-0.2, 0) is 32.6 Å². The molecule has 0 aliphatic carbocycles. The van der Waals surface area contributed by atoms with Crippen molar-refractivity contribution in [2.24, 2.45) is 0 Å². The van der Waals surface area contributed by atoms with Crippen LogP contribution in [0.3, 0.4) is 0 Å². The molecular formula is C37H42ClN3O5S2. The predicted octanol–water partition coefficient (Wildman–Crippen LogP) is 7.21. The van der Waals surface area contributed by atoms with Gasteiger partial charge < -0.3 is 15.0 Å². The van der Waals surface area contributed by atoms with Crippen LogP contribution < -0.4 is 14.4 Å². The summed E-state index contributed by atoms with van der Waals surface area (Å²) in [4.78, 5) is 31.0. The number of nitrogens with zero attached hydrogens (tertiary/aromatic N) is 2. The molecule has 11 heteroatoms. The number of benzene rings is 4. The second-order valence-corrected chi connectivity index (χ2v) is 14.3. The van der Waals surface area contributed by atoms with Gasteiger partial charge in [0.25, 0.3) is 10.0 Å². The third-order valence-electron chi connectivity index (χ3n) is 7.70. The molecule has 0 spiro atoms. The van der Waals surface area contributed by atoms with Gasteiger partial charge in [-0.25, -0.2) is 8.42 Å². The molecule has 0 saturated heterocycles.